The number of epoxide rings is 1. The molecule has 3 aromatic rings. The number of benzene rings is 3. The minimum absolute atomic E-state index is 0.00372. The number of nitrogens with zero attached hydrogens (tertiary/aromatic N) is 1. The van der Waals surface area contributed by atoms with Crippen LogP contribution in [0.3, 0.4) is 0 Å². The summed E-state index contributed by atoms with van der Waals surface area (Å²) in [5.41, 5.74) is 2.47. The first-order chi connectivity index (χ1) is 14.7. The van der Waals surface area contributed by atoms with E-state index in [1.54, 1.807) is 24.1 Å². The molecule has 0 N–H and O–H groups in total. The fourth-order valence-corrected chi connectivity index (χ4v) is 3.43. The molecule has 0 unspecified atom stereocenters. The van der Waals surface area contributed by atoms with E-state index in [0.717, 1.165) is 16.9 Å². The fraction of sp³-hybridized carbons (Fsp3) is 0.200. The highest BCUT2D eigenvalue weighted by Crippen LogP contribution is 2.39. The molecule has 0 bridgehead atoms. The van der Waals surface area contributed by atoms with Crippen LogP contribution >= 0.6 is 0 Å². The van der Waals surface area contributed by atoms with E-state index in [1.165, 1.54) is 0 Å². The smallest absolute Gasteiger partial charge is 0.255 e. The normalized spacial score (nSPS) is 17.2. The average Bonchev–Trinajstić information content (AvgIpc) is 3.61. The predicted molar refractivity (Wildman–Crippen MR) is 113 cm³/mol. The van der Waals surface area contributed by atoms with Gasteiger partial charge in [-0.15, -0.1) is 0 Å². The van der Waals surface area contributed by atoms with Crippen LogP contribution < -0.4 is 4.74 Å². The van der Waals surface area contributed by atoms with Crippen molar-refractivity contribution >= 4 is 11.7 Å². The van der Waals surface area contributed by atoms with Gasteiger partial charge in [0, 0.05) is 12.1 Å². The van der Waals surface area contributed by atoms with Crippen molar-refractivity contribution in [2.75, 3.05) is 13.7 Å². The van der Waals surface area contributed by atoms with Crippen molar-refractivity contribution < 1.29 is 19.1 Å². The molecule has 1 aliphatic heterocycles. The summed E-state index contributed by atoms with van der Waals surface area (Å²) < 4.78 is 10.9. The average molecular weight is 401 g/mol. The third-order valence-electron chi connectivity index (χ3n) is 5.14. The number of rotatable bonds is 8. The van der Waals surface area contributed by atoms with Gasteiger partial charge in [-0.3, -0.25) is 9.59 Å². The summed E-state index contributed by atoms with van der Waals surface area (Å²) in [5, 5.41) is 0. The van der Waals surface area contributed by atoms with E-state index in [9.17, 15) is 9.59 Å². The number of Topliss-reactive ketones (excluding diaryl/α,β-unsaturated/α-hetero) is 1. The molecule has 5 heteroatoms. The Balaban J connectivity index is 1.51. The van der Waals surface area contributed by atoms with Gasteiger partial charge in [-0.2, -0.15) is 0 Å². The largest absolute Gasteiger partial charge is 0.497 e. The summed E-state index contributed by atoms with van der Waals surface area (Å²) >= 11 is 0. The Morgan fingerprint density at radius 2 is 1.53 bits per heavy atom. The number of carbonyl (C=O) groups excluding carboxylic acids is 2. The van der Waals surface area contributed by atoms with Gasteiger partial charge in [0.2, 0.25) is 0 Å². The minimum Gasteiger partial charge on any atom is -0.497 e. The van der Waals surface area contributed by atoms with Crippen molar-refractivity contribution in [3.8, 4) is 5.75 Å². The standard InChI is InChI=1S/C25H23NO4/c1-29-21-14-12-18(13-15-21)16-26(17-22(27)19-8-4-2-5-9-19)25(28)24-23(30-24)20-10-6-3-7-11-20/h2-15,23-24H,16-17H2,1H3/t23-,24+/m0/s1. The molecule has 30 heavy (non-hydrogen) atoms. The summed E-state index contributed by atoms with van der Waals surface area (Å²) in [6.07, 6.45) is -0.821. The molecule has 1 heterocycles. The molecule has 0 aliphatic carbocycles. The van der Waals surface area contributed by atoms with E-state index in [0.29, 0.717) is 12.1 Å². The second-order valence-corrected chi connectivity index (χ2v) is 7.22. The zero-order chi connectivity index (χ0) is 20.9. The van der Waals surface area contributed by atoms with Crippen molar-refractivity contribution in [3.05, 3.63) is 102 Å². The Morgan fingerprint density at radius 1 is 0.900 bits per heavy atom. The molecule has 0 aromatic heterocycles. The third kappa shape index (κ3) is 4.58. The Morgan fingerprint density at radius 3 is 2.17 bits per heavy atom. The van der Waals surface area contributed by atoms with E-state index < -0.39 is 6.10 Å². The van der Waals surface area contributed by atoms with Gasteiger partial charge in [0.25, 0.3) is 5.91 Å². The number of methoxy groups -OCH3 is 1. The molecular formula is C25H23NO4. The van der Waals surface area contributed by atoms with E-state index in [-0.39, 0.29) is 24.3 Å². The second-order valence-electron chi connectivity index (χ2n) is 7.22. The van der Waals surface area contributed by atoms with E-state index in [4.69, 9.17) is 9.47 Å². The third-order valence-corrected chi connectivity index (χ3v) is 5.14. The van der Waals surface area contributed by atoms with Crippen LogP contribution in [0.4, 0.5) is 0 Å². The molecule has 0 spiro atoms. The Kier molecular flexibility index (Phi) is 5.91. The van der Waals surface area contributed by atoms with Crippen LogP contribution in [0.2, 0.25) is 0 Å². The van der Waals surface area contributed by atoms with E-state index in [1.807, 2.05) is 72.8 Å². The predicted octanol–water partition coefficient (Wildman–Crippen LogP) is 4.05. The van der Waals surface area contributed by atoms with Crippen LogP contribution in [0.5, 0.6) is 5.75 Å². The lowest BCUT2D eigenvalue weighted by Crippen LogP contribution is -2.38. The highest BCUT2D eigenvalue weighted by atomic mass is 16.6. The first-order valence-electron chi connectivity index (χ1n) is 9.86. The van der Waals surface area contributed by atoms with Crippen molar-refractivity contribution in [1.82, 2.24) is 4.90 Å². The molecule has 1 fully saturated rings. The van der Waals surface area contributed by atoms with Crippen LogP contribution in [0.15, 0.2) is 84.9 Å². The maximum atomic E-state index is 13.2. The highest BCUT2D eigenvalue weighted by molar-refractivity contribution is 6.00. The summed E-state index contributed by atoms with van der Waals surface area (Å²) in [5.74, 6) is 0.463. The van der Waals surface area contributed by atoms with Gasteiger partial charge in [-0.25, -0.2) is 0 Å². The zero-order valence-corrected chi connectivity index (χ0v) is 16.7. The SMILES string of the molecule is COc1ccc(CN(CC(=O)c2ccccc2)C(=O)[C@@H]2O[C@H]2c2ccccc2)cc1. The van der Waals surface area contributed by atoms with Gasteiger partial charge in [-0.1, -0.05) is 72.8 Å². The number of hydrogen-bond acceptors (Lipinski definition) is 4. The lowest BCUT2D eigenvalue weighted by atomic mass is 10.1. The fourth-order valence-electron chi connectivity index (χ4n) is 3.43. The van der Waals surface area contributed by atoms with Gasteiger partial charge in [0.1, 0.15) is 11.9 Å². The first kappa shape index (κ1) is 19.9. The molecule has 1 aliphatic rings. The quantitative estimate of drug-likeness (QED) is 0.422. The Labute approximate surface area is 175 Å². The summed E-state index contributed by atoms with van der Waals surface area (Å²) in [4.78, 5) is 27.6. The number of ketones is 1. The lowest BCUT2D eigenvalue weighted by Gasteiger charge is -2.22. The van der Waals surface area contributed by atoms with Crippen molar-refractivity contribution in [3.63, 3.8) is 0 Å². The molecule has 0 radical (unpaired) electrons. The maximum absolute atomic E-state index is 13.2. The van der Waals surface area contributed by atoms with Gasteiger partial charge < -0.3 is 14.4 Å². The topological polar surface area (TPSA) is 59.1 Å². The van der Waals surface area contributed by atoms with E-state index >= 15 is 0 Å². The number of amides is 1. The first-order valence-corrected chi connectivity index (χ1v) is 9.86. The van der Waals surface area contributed by atoms with Crippen molar-refractivity contribution in [1.29, 1.82) is 0 Å². The van der Waals surface area contributed by atoms with Crippen molar-refractivity contribution in [2.45, 2.75) is 18.8 Å². The molecule has 152 valence electrons. The molecular weight excluding hydrogens is 378 g/mol. The molecule has 5 nitrogen and oxygen atoms in total. The summed E-state index contributed by atoms with van der Waals surface area (Å²) in [6.45, 7) is 0.318. The molecule has 2 atom stereocenters. The minimum atomic E-state index is -0.561. The van der Waals surface area contributed by atoms with E-state index in [2.05, 4.69) is 0 Å². The van der Waals surface area contributed by atoms with Gasteiger partial charge >= 0.3 is 0 Å². The second kappa shape index (κ2) is 8.93. The lowest BCUT2D eigenvalue weighted by molar-refractivity contribution is -0.132. The van der Waals surface area contributed by atoms with Crippen LogP contribution in [0, 0.1) is 0 Å². The van der Waals surface area contributed by atoms with Crippen LogP contribution in [-0.2, 0) is 16.1 Å². The monoisotopic (exact) mass is 401 g/mol. The van der Waals surface area contributed by atoms with Crippen molar-refractivity contribution in [2.24, 2.45) is 0 Å². The molecule has 1 amide bonds. The number of ether oxygens (including phenoxy) is 2. The number of carbonyl (C=O) groups is 2. The zero-order valence-electron chi connectivity index (χ0n) is 16.7. The molecule has 4 rings (SSSR count). The molecule has 1 saturated heterocycles. The Bertz CT molecular complexity index is 1000. The molecule has 0 saturated carbocycles. The van der Waals surface area contributed by atoms with Crippen LogP contribution in [-0.4, -0.2) is 36.3 Å². The van der Waals surface area contributed by atoms with Gasteiger partial charge in [0.05, 0.1) is 13.7 Å². The van der Waals surface area contributed by atoms with Gasteiger partial charge in [-0.05, 0) is 23.3 Å². The molecule has 3 aromatic carbocycles. The van der Waals surface area contributed by atoms with Crippen LogP contribution in [0.1, 0.15) is 27.6 Å². The van der Waals surface area contributed by atoms with Gasteiger partial charge in [0.15, 0.2) is 11.9 Å². The number of hydrogen-bond donors (Lipinski definition) is 0. The highest BCUT2D eigenvalue weighted by Gasteiger charge is 2.48. The summed E-state index contributed by atoms with van der Waals surface area (Å²) in [7, 11) is 1.61. The summed E-state index contributed by atoms with van der Waals surface area (Å²) in [6, 6.07) is 26.2. The van der Waals surface area contributed by atoms with Crippen LogP contribution in [0.25, 0.3) is 0 Å². The Hall–Kier alpha value is -3.44. The maximum Gasteiger partial charge on any atom is 0.255 e.